The van der Waals surface area contributed by atoms with Crippen molar-refractivity contribution in [3.8, 4) is 0 Å². The number of aliphatic hydroxyl groups excluding tert-OH is 1. The zero-order valence-electron chi connectivity index (χ0n) is 46.1. The van der Waals surface area contributed by atoms with Gasteiger partial charge in [-0.25, -0.2) is 0 Å². The van der Waals surface area contributed by atoms with Gasteiger partial charge in [0.1, 0.15) is 5.78 Å². The SMILES string of the molecule is CC(C)=O.CC1=C(O)C(=O)C=C2C1=CC=C1[C@@]2(C)CC[C@@]2(C)[C@@H]3C[C@](C)(C(N)=O)CC[C@]3(C)CC[C@]12C.COC1=C(C)C2=CC=C3[C@@](C)(CC[C@@]4(C)[C@@H]5C[C@](C)(C(N)=O)CC[C@]5(C)CC[C@]34C)C2=CC1=O. The Kier molecular flexibility index (Phi) is 12.5. The summed E-state index contributed by atoms with van der Waals surface area (Å²) in [6.45, 7) is 30.5. The van der Waals surface area contributed by atoms with E-state index in [1.54, 1.807) is 13.2 Å². The van der Waals surface area contributed by atoms with E-state index in [9.17, 15) is 29.1 Å². The first kappa shape index (κ1) is 52.8. The van der Waals surface area contributed by atoms with Crippen LogP contribution in [0.15, 0.2) is 92.6 Å². The van der Waals surface area contributed by atoms with Crippen LogP contribution in [-0.2, 0) is 28.7 Å². The topological polar surface area (TPSA) is 167 Å². The van der Waals surface area contributed by atoms with Crippen LogP contribution in [0.3, 0.4) is 0 Å². The van der Waals surface area contributed by atoms with Crippen LogP contribution in [0.2, 0.25) is 0 Å². The molecular weight excluding hydrogens is 885 g/mol. The van der Waals surface area contributed by atoms with Crippen molar-refractivity contribution in [3.63, 3.8) is 0 Å². The average molecular weight is 971 g/mol. The molecule has 71 heavy (non-hydrogen) atoms. The fraction of sp³-hybridized carbons (Fsp3) is 0.661. The summed E-state index contributed by atoms with van der Waals surface area (Å²) in [7, 11) is 1.58. The Morgan fingerprint density at radius 3 is 1.30 bits per heavy atom. The summed E-state index contributed by atoms with van der Waals surface area (Å²) < 4.78 is 5.45. The summed E-state index contributed by atoms with van der Waals surface area (Å²) in [5.74, 6) is 0.789. The molecule has 0 aromatic rings. The number of ketones is 3. The molecule has 0 aliphatic heterocycles. The minimum absolute atomic E-state index is 0.00510. The molecule has 0 unspecified atom stereocenters. The number of Topliss-reactive ketones (excluding diaryl/α,β-unsaturated/α-hetero) is 1. The van der Waals surface area contributed by atoms with Crippen molar-refractivity contribution < 1.29 is 33.8 Å². The molecule has 0 saturated heterocycles. The van der Waals surface area contributed by atoms with Crippen molar-refractivity contribution in [2.75, 3.05) is 7.11 Å². The van der Waals surface area contributed by atoms with Gasteiger partial charge >= 0.3 is 0 Å². The molecule has 6 fully saturated rings. The van der Waals surface area contributed by atoms with Gasteiger partial charge in [-0.05, 0) is 196 Å². The molecule has 0 aromatic carbocycles. The standard InChI is InChI=1S/C30H41NO3.C29H39NO3.C3H6O/c1-18-19-8-9-22-28(4,20(19)16-21(32)24(18)34-7)13-15-30(6)23-17-27(3,25(31)33)11-10-26(23,2)12-14-29(22,30)5;1-17-18-7-8-21-27(4,19(18)15-20(31)23(17)32)12-14-29(6)22-16-26(3,24(30)33)10-9-25(22,2)11-13-28(21,29)5;1-3(2)4/h8-9,16,23H,10-15,17H2,1-7H3,(H2,31,33);7-8,15,22,32H,9-14,16H2,1-6H3,(H2,30,33);1-2H3/t23-,26-,27-,28+,29-,30+;22-,25-,26-,27+,28-,29+;/m11./s1. The largest absolute Gasteiger partial charge is 0.504 e. The van der Waals surface area contributed by atoms with Crippen LogP contribution in [-0.4, -0.2) is 41.4 Å². The lowest BCUT2D eigenvalue weighted by atomic mass is 9.34. The monoisotopic (exact) mass is 971 g/mol. The van der Waals surface area contributed by atoms with Gasteiger partial charge in [0.15, 0.2) is 11.5 Å². The van der Waals surface area contributed by atoms with Crippen LogP contribution in [0.25, 0.3) is 0 Å². The lowest BCUT2D eigenvalue weighted by Crippen LogP contribution is -2.62. The number of allylic oxidation sites excluding steroid dienone is 14. The highest BCUT2D eigenvalue weighted by atomic mass is 16.5. The Morgan fingerprint density at radius 2 is 0.915 bits per heavy atom. The maximum Gasteiger partial charge on any atom is 0.223 e. The van der Waals surface area contributed by atoms with Gasteiger partial charge in [-0.1, -0.05) is 105 Å². The van der Waals surface area contributed by atoms with Crippen LogP contribution in [0, 0.1) is 66.0 Å². The number of nitrogens with two attached hydrogens (primary N) is 2. The Balaban J connectivity index is 0.000000177. The van der Waals surface area contributed by atoms with Crippen LogP contribution in [0.1, 0.15) is 187 Å². The van der Waals surface area contributed by atoms with Crippen molar-refractivity contribution >= 4 is 29.2 Å². The second-order valence-corrected chi connectivity index (χ2v) is 27.0. The molecule has 2 amide bonds. The second kappa shape index (κ2) is 16.7. The number of methoxy groups -OCH3 is 1. The highest BCUT2D eigenvalue weighted by Gasteiger charge is 2.69. The lowest BCUT2D eigenvalue weighted by Gasteiger charge is -2.70. The Morgan fingerprint density at radius 1 is 0.549 bits per heavy atom. The Labute approximate surface area is 425 Å². The minimum atomic E-state index is -0.433. The van der Waals surface area contributed by atoms with Crippen molar-refractivity contribution in [3.05, 3.63) is 92.6 Å². The number of rotatable bonds is 3. The average Bonchev–Trinajstić information content (AvgIpc) is 3.29. The summed E-state index contributed by atoms with van der Waals surface area (Å²) in [4.78, 5) is 59.9. The van der Waals surface area contributed by atoms with E-state index < -0.39 is 10.8 Å². The van der Waals surface area contributed by atoms with Gasteiger partial charge in [-0.3, -0.25) is 19.2 Å². The third kappa shape index (κ3) is 7.35. The third-order valence-electron chi connectivity index (χ3n) is 23.1. The van der Waals surface area contributed by atoms with Gasteiger partial charge in [0.2, 0.25) is 23.4 Å². The summed E-state index contributed by atoms with van der Waals surface area (Å²) in [5, 5.41) is 10.3. The predicted octanol–water partition coefficient (Wildman–Crippen LogP) is 12.9. The highest BCUT2D eigenvalue weighted by molar-refractivity contribution is 6.07. The molecule has 0 heterocycles. The van der Waals surface area contributed by atoms with E-state index in [-0.39, 0.29) is 78.2 Å². The number of carbonyl (C=O) groups is 5. The molecule has 0 spiro atoms. The van der Waals surface area contributed by atoms with E-state index >= 15 is 0 Å². The first-order valence-corrected chi connectivity index (χ1v) is 26.8. The number of hydrogen-bond donors (Lipinski definition) is 3. The normalized spacial score (nSPS) is 44.0. The second-order valence-electron chi connectivity index (χ2n) is 27.0. The van der Waals surface area contributed by atoms with Crippen molar-refractivity contribution in [2.24, 2.45) is 77.5 Å². The summed E-state index contributed by atoms with van der Waals surface area (Å²) in [5.41, 5.74) is 20.2. The number of primary amides is 2. The number of fused-ring (bicyclic) bond motifs is 14. The fourth-order valence-electron chi connectivity index (χ4n) is 17.6. The molecule has 9 heteroatoms. The molecule has 386 valence electrons. The summed E-state index contributed by atoms with van der Waals surface area (Å²) in [6.07, 6.45) is 26.9. The maximum absolute atomic E-state index is 12.9. The molecule has 5 N–H and O–H groups in total. The zero-order chi connectivity index (χ0) is 52.7. The molecule has 0 aromatic heterocycles. The van der Waals surface area contributed by atoms with Gasteiger partial charge in [0, 0.05) is 32.8 Å². The van der Waals surface area contributed by atoms with Crippen LogP contribution >= 0.6 is 0 Å². The Bertz CT molecular complexity index is 2680. The van der Waals surface area contributed by atoms with Crippen LogP contribution in [0.4, 0.5) is 0 Å². The smallest absolute Gasteiger partial charge is 0.223 e. The molecule has 10 aliphatic rings. The Hall–Kier alpha value is -4.53. The molecule has 12 atom stereocenters. The highest BCUT2D eigenvalue weighted by Crippen LogP contribution is 2.77. The molecule has 10 rings (SSSR count). The van der Waals surface area contributed by atoms with Crippen molar-refractivity contribution in [1.29, 1.82) is 0 Å². The van der Waals surface area contributed by atoms with Crippen LogP contribution < -0.4 is 11.5 Å². The molecule has 10 aliphatic carbocycles. The van der Waals surface area contributed by atoms with Crippen molar-refractivity contribution in [1.82, 2.24) is 0 Å². The van der Waals surface area contributed by atoms with Gasteiger partial charge < -0.3 is 26.1 Å². The van der Waals surface area contributed by atoms with Crippen molar-refractivity contribution in [2.45, 2.75) is 187 Å². The number of hydrogen-bond acceptors (Lipinski definition) is 7. The third-order valence-corrected chi connectivity index (χ3v) is 23.1. The van der Waals surface area contributed by atoms with E-state index in [1.165, 1.54) is 31.4 Å². The molecule has 6 saturated carbocycles. The summed E-state index contributed by atoms with van der Waals surface area (Å²) in [6, 6.07) is 0. The first-order valence-electron chi connectivity index (χ1n) is 26.8. The van der Waals surface area contributed by atoms with Gasteiger partial charge in [-0.2, -0.15) is 0 Å². The molecule has 9 nitrogen and oxygen atoms in total. The van der Waals surface area contributed by atoms with Gasteiger partial charge in [0.25, 0.3) is 0 Å². The van der Waals surface area contributed by atoms with E-state index in [0.717, 1.165) is 111 Å². The molecule has 0 bridgehead atoms. The minimum Gasteiger partial charge on any atom is -0.504 e. The maximum atomic E-state index is 12.9. The van der Waals surface area contributed by atoms with E-state index in [2.05, 4.69) is 93.5 Å². The quantitative estimate of drug-likeness (QED) is 0.253. The van der Waals surface area contributed by atoms with Gasteiger partial charge in [-0.15, -0.1) is 0 Å². The first-order chi connectivity index (χ1) is 32.7. The number of aliphatic hydroxyl groups is 1. The predicted molar refractivity (Wildman–Crippen MR) is 281 cm³/mol. The van der Waals surface area contributed by atoms with Crippen LogP contribution in [0.5, 0.6) is 0 Å². The number of carbonyl (C=O) groups excluding carboxylic acids is 5. The number of amides is 2. The van der Waals surface area contributed by atoms with E-state index in [0.29, 0.717) is 23.2 Å². The zero-order valence-corrected chi connectivity index (χ0v) is 46.1. The lowest BCUT2D eigenvalue weighted by molar-refractivity contribution is -0.168. The van der Waals surface area contributed by atoms with E-state index in [1.807, 2.05) is 19.9 Å². The van der Waals surface area contributed by atoms with Gasteiger partial charge in [0.05, 0.1) is 7.11 Å². The fourth-order valence-corrected chi connectivity index (χ4v) is 17.6. The van der Waals surface area contributed by atoms with E-state index in [4.69, 9.17) is 16.2 Å². The number of ether oxygens (including phenoxy) is 1. The summed E-state index contributed by atoms with van der Waals surface area (Å²) >= 11 is 0. The molecular formula is C62H86N2O7. The molecule has 0 radical (unpaired) electrons.